The van der Waals surface area contributed by atoms with E-state index in [0.717, 1.165) is 57.5 Å². The number of rotatable bonds is 4. The largest absolute Gasteiger partial charge is 0.343 e. The summed E-state index contributed by atoms with van der Waals surface area (Å²) in [6.07, 6.45) is 5.08. The van der Waals surface area contributed by atoms with Gasteiger partial charge in [0.2, 0.25) is 5.91 Å². The molecule has 3 heterocycles. The Hall–Kier alpha value is -3.22. The van der Waals surface area contributed by atoms with Gasteiger partial charge in [-0.3, -0.25) is 19.1 Å². The molecule has 0 saturated carbocycles. The number of hydrogen-bond donors (Lipinski definition) is 0. The highest BCUT2D eigenvalue weighted by molar-refractivity contribution is 7.20. The highest BCUT2D eigenvalue weighted by Gasteiger charge is 2.37. The molecule has 6 rings (SSSR count). The van der Waals surface area contributed by atoms with Gasteiger partial charge in [-0.2, -0.15) is 0 Å². The van der Waals surface area contributed by atoms with Crippen molar-refractivity contribution in [3.8, 4) is 0 Å². The van der Waals surface area contributed by atoms with Crippen LogP contribution in [0.25, 0.3) is 26.6 Å². The smallest absolute Gasteiger partial charge is 0.272 e. The number of likely N-dealkylation sites (N-methyl/N-ethyl adjacent to an activating group) is 1. The molecule has 1 aliphatic carbocycles. The molecule has 2 aliphatic rings. The lowest BCUT2D eigenvalue weighted by molar-refractivity contribution is -0.134. The van der Waals surface area contributed by atoms with Gasteiger partial charge < -0.3 is 4.90 Å². The summed E-state index contributed by atoms with van der Waals surface area (Å²) in [7, 11) is 2.12. The van der Waals surface area contributed by atoms with Crippen molar-refractivity contribution in [2.24, 2.45) is 5.92 Å². The predicted molar refractivity (Wildman–Crippen MR) is 143 cm³/mol. The molecule has 35 heavy (non-hydrogen) atoms. The molecule has 0 radical (unpaired) electrons. The Balaban J connectivity index is 1.45. The molecule has 0 unspecified atom stereocenters. The van der Waals surface area contributed by atoms with Crippen LogP contribution in [0.1, 0.15) is 34.6 Å². The molecule has 0 N–H and O–H groups in total. The van der Waals surface area contributed by atoms with Crippen LogP contribution in [-0.4, -0.2) is 58.9 Å². The molecule has 178 valence electrons. The summed E-state index contributed by atoms with van der Waals surface area (Å²) in [5, 5.41) is 2.25. The van der Waals surface area contributed by atoms with Crippen molar-refractivity contribution in [3.63, 3.8) is 0 Å². The normalized spacial score (nSPS) is 19.6. The minimum absolute atomic E-state index is 0.0152. The summed E-state index contributed by atoms with van der Waals surface area (Å²) >= 11 is 1.54. The Kier molecular flexibility index (Phi) is 5.38. The Morgan fingerprint density at radius 1 is 1.09 bits per heavy atom. The van der Waals surface area contributed by atoms with Crippen LogP contribution in [0.15, 0.2) is 60.8 Å². The number of thiophene rings is 1. The third-order valence-corrected chi connectivity index (χ3v) is 8.74. The van der Waals surface area contributed by atoms with Crippen molar-refractivity contribution in [2.75, 3.05) is 26.7 Å². The van der Waals surface area contributed by atoms with Crippen LogP contribution >= 0.6 is 11.3 Å². The lowest BCUT2D eigenvalue weighted by atomic mass is 9.79. The second-order valence-electron chi connectivity index (χ2n) is 9.58. The zero-order chi connectivity index (χ0) is 24.3. The van der Waals surface area contributed by atoms with Gasteiger partial charge in [0.05, 0.1) is 16.3 Å². The SMILES string of the molecule is CCN(CC)C(=O)[C@@H]1C=C2c3cccc4c3c(cn4C(=O)c3cc4ccccc4s3)C[C@H]2N(C)C1. The summed E-state index contributed by atoms with van der Waals surface area (Å²) < 4.78 is 2.95. The maximum absolute atomic E-state index is 13.7. The fourth-order valence-corrected chi connectivity index (χ4v) is 6.86. The van der Waals surface area contributed by atoms with E-state index in [0.29, 0.717) is 0 Å². The fraction of sp³-hybridized carbons (Fsp3) is 0.310. The van der Waals surface area contributed by atoms with Gasteiger partial charge in [0.25, 0.3) is 5.91 Å². The predicted octanol–water partition coefficient (Wildman–Crippen LogP) is 5.28. The molecule has 2 aromatic heterocycles. The molecule has 1 aliphatic heterocycles. The van der Waals surface area contributed by atoms with Crippen molar-refractivity contribution < 1.29 is 9.59 Å². The van der Waals surface area contributed by atoms with E-state index in [9.17, 15) is 9.59 Å². The Morgan fingerprint density at radius 2 is 1.89 bits per heavy atom. The highest BCUT2D eigenvalue weighted by atomic mass is 32.1. The second kappa shape index (κ2) is 8.47. The van der Waals surface area contributed by atoms with Crippen LogP contribution in [0.2, 0.25) is 0 Å². The molecule has 6 heteroatoms. The van der Waals surface area contributed by atoms with Gasteiger partial charge in [0, 0.05) is 42.0 Å². The Bertz CT molecular complexity index is 1470. The summed E-state index contributed by atoms with van der Waals surface area (Å²) in [5.74, 6) is 0.0647. The third-order valence-electron chi connectivity index (χ3n) is 7.64. The number of hydrogen-bond acceptors (Lipinski definition) is 4. The number of amides is 1. The van der Waals surface area contributed by atoms with Gasteiger partial charge >= 0.3 is 0 Å². The molecule has 1 amide bonds. The molecule has 0 spiro atoms. The standard InChI is InChI=1S/C29H29N3O2S/c1-4-31(5-2)28(33)20-13-22-21-10-8-11-23-27(21)19(14-24(22)30(3)16-20)17-32(23)29(34)26-15-18-9-6-7-12-25(18)35-26/h6-13,15,17,20,24H,4-5,14,16H2,1-3H3/t20-,24-/m1/s1. The fourth-order valence-electron chi connectivity index (χ4n) is 5.86. The van der Waals surface area contributed by atoms with Gasteiger partial charge in [-0.25, -0.2) is 0 Å². The maximum Gasteiger partial charge on any atom is 0.272 e. The molecular weight excluding hydrogens is 454 g/mol. The van der Waals surface area contributed by atoms with Gasteiger partial charge in [-0.15, -0.1) is 11.3 Å². The van der Waals surface area contributed by atoms with Crippen molar-refractivity contribution >= 4 is 49.7 Å². The quantitative estimate of drug-likeness (QED) is 0.397. The number of benzene rings is 2. The van der Waals surface area contributed by atoms with Crippen molar-refractivity contribution in [2.45, 2.75) is 26.3 Å². The average molecular weight is 484 g/mol. The van der Waals surface area contributed by atoms with Crippen LogP contribution in [0.3, 0.4) is 0 Å². The summed E-state index contributed by atoms with van der Waals surface area (Å²) in [4.78, 5) is 31.8. The Labute approximate surface area is 209 Å². The zero-order valence-electron chi connectivity index (χ0n) is 20.3. The maximum atomic E-state index is 13.7. The Morgan fingerprint density at radius 3 is 2.66 bits per heavy atom. The van der Waals surface area contributed by atoms with E-state index < -0.39 is 0 Å². The van der Waals surface area contributed by atoms with E-state index in [1.807, 2.05) is 59.8 Å². The molecule has 4 aromatic rings. The first-order valence-corrected chi connectivity index (χ1v) is 13.2. The summed E-state index contributed by atoms with van der Waals surface area (Å²) in [5.41, 5.74) is 4.52. The molecule has 0 bridgehead atoms. The first-order valence-electron chi connectivity index (χ1n) is 12.4. The average Bonchev–Trinajstić information content (AvgIpc) is 3.47. The van der Waals surface area contributed by atoms with E-state index in [1.165, 1.54) is 11.1 Å². The first kappa shape index (κ1) is 22.3. The minimum atomic E-state index is -0.148. The van der Waals surface area contributed by atoms with Crippen molar-refractivity contribution in [1.29, 1.82) is 0 Å². The van der Waals surface area contributed by atoms with Crippen LogP contribution in [0.5, 0.6) is 0 Å². The van der Waals surface area contributed by atoms with Gasteiger partial charge in [0.15, 0.2) is 0 Å². The third kappa shape index (κ3) is 3.46. The van der Waals surface area contributed by atoms with Crippen LogP contribution in [-0.2, 0) is 11.2 Å². The molecule has 0 fully saturated rings. The number of fused-ring (bicyclic) bond motifs is 3. The van der Waals surface area contributed by atoms with Crippen molar-refractivity contribution in [1.82, 2.24) is 14.4 Å². The first-order chi connectivity index (χ1) is 17.0. The van der Waals surface area contributed by atoms with Crippen LogP contribution in [0, 0.1) is 5.92 Å². The monoisotopic (exact) mass is 483 g/mol. The summed E-state index contributed by atoms with van der Waals surface area (Å²) in [6, 6.07) is 16.6. The lowest BCUT2D eigenvalue weighted by Crippen LogP contribution is -2.47. The van der Waals surface area contributed by atoms with Gasteiger partial charge in [-0.05, 0) is 67.6 Å². The zero-order valence-corrected chi connectivity index (χ0v) is 21.1. The van der Waals surface area contributed by atoms with E-state index in [1.54, 1.807) is 11.3 Å². The van der Waals surface area contributed by atoms with Crippen LogP contribution in [0.4, 0.5) is 0 Å². The van der Waals surface area contributed by atoms with Crippen molar-refractivity contribution in [3.05, 3.63) is 76.8 Å². The molecule has 5 nitrogen and oxygen atoms in total. The molecule has 2 aromatic carbocycles. The number of carbonyl (C=O) groups excluding carboxylic acids is 2. The lowest BCUT2D eigenvalue weighted by Gasteiger charge is -2.40. The van der Waals surface area contributed by atoms with Gasteiger partial charge in [-0.1, -0.05) is 36.4 Å². The van der Waals surface area contributed by atoms with E-state index in [-0.39, 0.29) is 23.8 Å². The number of carbonyl (C=O) groups is 2. The number of nitrogens with zero attached hydrogens (tertiary/aromatic N) is 3. The number of aromatic nitrogens is 1. The van der Waals surface area contributed by atoms with Gasteiger partial charge in [0.1, 0.15) is 0 Å². The van der Waals surface area contributed by atoms with Crippen LogP contribution < -0.4 is 0 Å². The van der Waals surface area contributed by atoms with E-state index in [4.69, 9.17) is 0 Å². The minimum Gasteiger partial charge on any atom is -0.343 e. The molecule has 2 atom stereocenters. The molecule has 0 saturated heterocycles. The topological polar surface area (TPSA) is 45.6 Å². The van der Waals surface area contributed by atoms with E-state index in [2.05, 4.69) is 36.2 Å². The second-order valence-corrected chi connectivity index (χ2v) is 10.7. The summed E-state index contributed by atoms with van der Waals surface area (Å²) in [6.45, 7) is 6.24. The highest BCUT2D eigenvalue weighted by Crippen LogP contribution is 2.42. The van der Waals surface area contributed by atoms with E-state index >= 15 is 0 Å². The molecular formula is C29H29N3O2S.